The first kappa shape index (κ1) is 25.2. The summed E-state index contributed by atoms with van der Waals surface area (Å²) in [4.78, 5) is 12.9. The van der Waals surface area contributed by atoms with Crippen LogP contribution in [-0.2, 0) is 33.2 Å². The topological polar surface area (TPSA) is 81.7 Å². The molecule has 5 fully saturated rings. The summed E-state index contributed by atoms with van der Waals surface area (Å²) in [6.07, 6.45) is 7.07. The quantitative estimate of drug-likeness (QED) is 0.472. The van der Waals surface area contributed by atoms with Gasteiger partial charge in [0.05, 0.1) is 11.6 Å². The molecule has 5 unspecified atom stereocenters. The van der Waals surface area contributed by atoms with Crippen molar-refractivity contribution in [2.24, 2.45) is 0 Å². The lowest BCUT2D eigenvalue weighted by molar-refractivity contribution is -0.261. The van der Waals surface area contributed by atoms with Crippen molar-refractivity contribution in [2.45, 2.75) is 106 Å². The SMILES string of the molecule is O=C(COc1ccc(Cl)cc1Cl)OC1C(C2COC3(CCCCC3)O2)OC2OC3(CCCCC3)OC21. The highest BCUT2D eigenvalue weighted by Crippen LogP contribution is 2.48. The summed E-state index contributed by atoms with van der Waals surface area (Å²) in [7, 11) is 0. The van der Waals surface area contributed by atoms with Crippen LogP contribution < -0.4 is 4.74 Å². The molecular formula is C26H32Cl2O8. The van der Waals surface area contributed by atoms with Crippen molar-refractivity contribution in [3.63, 3.8) is 0 Å². The van der Waals surface area contributed by atoms with Crippen LogP contribution in [0.25, 0.3) is 0 Å². The molecule has 2 saturated carbocycles. The summed E-state index contributed by atoms with van der Waals surface area (Å²) in [5.74, 6) is -1.45. The molecule has 0 bridgehead atoms. The number of hydrogen-bond acceptors (Lipinski definition) is 8. The van der Waals surface area contributed by atoms with Gasteiger partial charge in [-0.2, -0.15) is 0 Å². The molecule has 2 aliphatic carbocycles. The van der Waals surface area contributed by atoms with Crippen molar-refractivity contribution in [1.29, 1.82) is 0 Å². The van der Waals surface area contributed by atoms with Crippen molar-refractivity contribution in [3.05, 3.63) is 28.2 Å². The van der Waals surface area contributed by atoms with Crippen LogP contribution in [0, 0.1) is 0 Å². The lowest BCUT2D eigenvalue weighted by Gasteiger charge is -2.35. The van der Waals surface area contributed by atoms with Crippen LogP contribution in [0.2, 0.25) is 10.0 Å². The van der Waals surface area contributed by atoms with Gasteiger partial charge in [-0.3, -0.25) is 0 Å². The zero-order chi connectivity index (χ0) is 24.8. The van der Waals surface area contributed by atoms with Crippen LogP contribution in [0.1, 0.15) is 64.2 Å². The Morgan fingerprint density at radius 3 is 2.36 bits per heavy atom. The molecular weight excluding hydrogens is 511 g/mol. The number of hydrogen-bond donors (Lipinski definition) is 0. The lowest BCUT2D eigenvalue weighted by atomic mass is 9.94. The van der Waals surface area contributed by atoms with E-state index in [0.29, 0.717) is 22.4 Å². The third-order valence-corrected chi connectivity index (χ3v) is 8.40. The van der Waals surface area contributed by atoms with Gasteiger partial charge in [0.25, 0.3) is 0 Å². The fourth-order valence-corrected chi connectivity index (χ4v) is 6.59. The second-order valence-electron chi connectivity index (χ2n) is 10.4. The van der Waals surface area contributed by atoms with Crippen LogP contribution >= 0.6 is 23.2 Å². The largest absolute Gasteiger partial charge is 0.480 e. The maximum atomic E-state index is 12.9. The van der Waals surface area contributed by atoms with Crippen LogP contribution in [0.15, 0.2) is 18.2 Å². The van der Waals surface area contributed by atoms with Crippen molar-refractivity contribution in [1.82, 2.24) is 0 Å². The number of ether oxygens (including phenoxy) is 7. The van der Waals surface area contributed by atoms with Gasteiger partial charge in [-0.25, -0.2) is 4.79 Å². The summed E-state index contributed by atoms with van der Waals surface area (Å²) in [6, 6.07) is 4.82. The molecule has 6 rings (SSSR count). The highest BCUT2D eigenvalue weighted by molar-refractivity contribution is 6.35. The molecule has 3 heterocycles. The summed E-state index contributed by atoms with van der Waals surface area (Å²) < 4.78 is 43.2. The molecule has 5 atom stereocenters. The third-order valence-electron chi connectivity index (χ3n) is 7.87. The number of halogens is 2. The zero-order valence-corrected chi connectivity index (χ0v) is 21.6. The molecule has 3 aliphatic heterocycles. The van der Waals surface area contributed by atoms with E-state index in [4.69, 9.17) is 56.4 Å². The fraction of sp³-hybridized carbons (Fsp3) is 0.731. The molecule has 3 saturated heterocycles. The minimum Gasteiger partial charge on any atom is -0.480 e. The van der Waals surface area contributed by atoms with Gasteiger partial charge < -0.3 is 33.2 Å². The molecule has 0 radical (unpaired) electrons. The predicted octanol–water partition coefficient (Wildman–Crippen LogP) is 5.16. The van der Waals surface area contributed by atoms with Gasteiger partial charge in [-0.05, 0) is 43.9 Å². The van der Waals surface area contributed by atoms with Crippen LogP contribution in [0.4, 0.5) is 0 Å². The minimum absolute atomic E-state index is 0.318. The van der Waals surface area contributed by atoms with Crippen molar-refractivity contribution in [3.8, 4) is 5.75 Å². The number of carbonyl (C=O) groups is 1. The Balaban J connectivity index is 1.16. The monoisotopic (exact) mass is 542 g/mol. The second-order valence-corrected chi connectivity index (χ2v) is 11.2. The first-order valence-electron chi connectivity index (χ1n) is 13.0. The molecule has 0 N–H and O–H groups in total. The molecule has 36 heavy (non-hydrogen) atoms. The zero-order valence-electron chi connectivity index (χ0n) is 20.1. The number of carbonyl (C=O) groups excluding carboxylic acids is 1. The maximum absolute atomic E-state index is 12.9. The summed E-state index contributed by atoms with van der Waals surface area (Å²) in [6.45, 7) is 0.0557. The van der Waals surface area contributed by atoms with Crippen LogP contribution in [-0.4, -0.2) is 61.5 Å². The van der Waals surface area contributed by atoms with Gasteiger partial charge in [0, 0.05) is 30.7 Å². The molecule has 10 heteroatoms. The Bertz CT molecular complexity index is 961. The van der Waals surface area contributed by atoms with Crippen molar-refractivity contribution in [2.75, 3.05) is 13.2 Å². The van der Waals surface area contributed by atoms with E-state index in [1.165, 1.54) is 6.42 Å². The van der Waals surface area contributed by atoms with E-state index >= 15 is 0 Å². The molecule has 0 aromatic heterocycles. The van der Waals surface area contributed by atoms with E-state index in [1.54, 1.807) is 18.2 Å². The van der Waals surface area contributed by atoms with E-state index in [2.05, 4.69) is 0 Å². The van der Waals surface area contributed by atoms with Crippen molar-refractivity contribution < 1.29 is 38.0 Å². The van der Waals surface area contributed by atoms with E-state index in [0.717, 1.165) is 57.8 Å². The lowest BCUT2D eigenvalue weighted by Crippen LogP contribution is -2.47. The molecule has 8 nitrogen and oxygen atoms in total. The highest BCUT2D eigenvalue weighted by atomic mass is 35.5. The highest BCUT2D eigenvalue weighted by Gasteiger charge is 2.62. The summed E-state index contributed by atoms with van der Waals surface area (Å²) in [5.41, 5.74) is 0. The normalized spacial score (nSPS) is 34.7. The average molecular weight is 543 g/mol. The van der Waals surface area contributed by atoms with Gasteiger partial charge in [0.1, 0.15) is 18.0 Å². The van der Waals surface area contributed by atoms with Gasteiger partial charge in [-0.1, -0.05) is 36.0 Å². The molecule has 1 aromatic carbocycles. The van der Waals surface area contributed by atoms with E-state index in [-0.39, 0.29) is 12.7 Å². The first-order chi connectivity index (χ1) is 17.4. The molecule has 1 aromatic rings. The standard InChI is InChI=1S/C26H32Cl2O8/c27-16-7-8-18(17(28)13-16)30-15-20(29)32-22-21(19-14-31-25(34-19)9-3-1-4-10-25)33-24-23(22)35-26(36-24)11-5-2-6-12-26/h7-8,13,19,21-24H,1-6,9-12,14-15H2. The number of rotatable bonds is 5. The number of esters is 1. The van der Waals surface area contributed by atoms with Crippen LogP contribution in [0.3, 0.4) is 0 Å². The Labute approximate surface area is 220 Å². The first-order valence-corrected chi connectivity index (χ1v) is 13.8. The smallest absolute Gasteiger partial charge is 0.344 e. The number of benzene rings is 1. The molecule has 2 spiro atoms. The maximum Gasteiger partial charge on any atom is 0.344 e. The Kier molecular flexibility index (Phi) is 7.14. The average Bonchev–Trinajstić information content (AvgIpc) is 3.52. The molecule has 0 amide bonds. The van der Waals surface area contributed by atoms with Gasteiger partial charge >= 0.3 is 5.97 Å². The third kappa shape index (κ3) is 4.98. The van der Waals surface area contributed by atoms with E-state index in [1.807, 2.05) is 0 Å². The van der Waals surface area contributed by atoms with E-state index in [9.17, 15) is 4.79 Å². The van der Waals surface area contributed by atoms with Crippen molar-refractivity contribution >= 4 is 29.2 Å². The Hall–Kier alpha value is -1.13. The summed E-state index contributed by atoms with van der Waals surface area (Å²) >= 11 is 12.1. The minimum atomic E-state index is -0.708. The van der Waals surface area contributed by atoms with E-state index < -0.39 is 42.1 Å². The predicted molar refractivity (Wildman–Crippen MR) is 129 cm³/mol. The van der Waals surface area contributed by atoms with Gasteiger partial charge in [0.2, 0.25) is 0 Å². The van der Waals surface area contributed by atoms with Crippen LogP contribution in [0.5, 0.6) is 5.75 Å². The summed E-state index contributed by atoms with van der Waals surface area (Å²) in [5, 5.41) is 0.801. The number of fused-ring (bicyclic) bond motifs is 1. The fourth-order valence-electron chi connectivity index (χ4n) is 6.12. The molecule has 5 aliphatic rings. The Morgan fingerprint density at radius 2 is 1.64 bits per heavy atom. The van der Waals surface area contributed by atoms with Gasteiger partial charge in [-0.15, -0.1) is 0 Å². The second kappa shape index (κ2) is 10.2. The van der Waals surface area contributed by atoms with Gasteiger partial charge in [0.15, 0.2) is 36.7 Å². The molecule has 198 valence electrons. The Morgan fingerprint density at radius 1 is 0.917 bits per heavy atom.